The van der Waals surface area contributed by atoms with Crippen LogP contribution in [0.5, 0.6) is 0 Å². The average molecular weight is 207 g/mol. The van der Waals surface area contributed by atoms with Gasteiger partial charge in [-0.05, 0) is 12.1 Å². The van der Waals surface area contributed by atoms with Crippen molar-refractivity contribution in [3.63, 3.8) is 0 Å². The van der Waals surface area contributed by atoms with E-state index in [0.29, 0.717) is 0 Å². The lowest BCUT2D eigenvalue weighted by molar-refractivity contribution is 0.618. The molecule has 0 unspecified atom stereocenters. The molecule has 0 aliphatic heterocycles. The van der Waals surface area contributed by atoms with Crippen LogP contribution < -0.4 is 5.56 Å². The smallest absolute Gasteiger partial charge is 0.256 e. The third kappa shape index (κ3) is 1.79. The van der Waals surface area contributed by atoms with Gasteiger partial charge in [-0.1, -0.05) is 18.2 Å². The molecule has 0 aliphatic rings. The molecular weight excluding hydrogens is 200 g/mol. The second kappa shape index (κ2) is 3.65. The zero-order valence-corrected chi connectivity index (χ0v) is 7.63. The summed E-state index contributed by atoms with van der Waals surface area (Å²) in [6.45, 7) is 0. The second-order valence-electron chi connectivity index (χ2n) is 3.04. The monoisotopic (exact) mass is 207 g/mol. The standard InChI is InChI=1S/C11H7F2NO/c12-7-5-9(11(15)14-6-7)8-3-1-2-4-10(8)13/h1-6H,(H,14,15). The van der Waals surface area contributed by atoms with Gasteiger partial charge in [-0.15, -0.1) is 0 Å². The van der Waals surface area contributed by atoms with Crippen LogP contribution in [0.2, 0.25) is 0 Å². The molecule has 2 rings (SSSR count). The van der Waals surface area contributed by atoms with E-state index >= 15 is 0 Å². The number of nitrogens with one attached hydrogen (secondary N) is 1. The summed E-state index contributed by atoms with van der Waals surface area (Å²) in [5.74, 6) is -1.15. The van der Waals surface area contributed by atoms with E-state index in [4.69, 9.17) is 0 Å². The van der Waals surface area contributed by atoms with Gasteiger partial charge in [0.05, 0.1) is 5.56 Å². The molecule has 1 N–H and O–H groups in total. The predicted molar refractivity (Wildman–Crippen MR) is 52.4 cm³/mol. The first kappa shape index (κ1) is 9.58. The van der Waals surface area contributed by atoms with Crippen molar-refractivity contribution in [3.8, 4) is 11.1 Å². The van der Waals surface area contributed by atoms with Crippen LogP contribution in [0.1, 0.15) is 0 Å². The van der Waals surface area contributed by atoms with Crippen LogP contribution in [0.3, 0.4) is 0 Å². The van der Waals surface area contributed by atoms with Crippen molar-refractivity contribution in [1.82, 2.24) is 4.98 Å². The van der Waals surface area contributed by atoms with Crippen molar-refractivity contribution in [2.24, 2.45) is 0 Å². The lowest BCUT2D eigenvalue weighted by Gasteiger charge is -2.01. The molecule has 0 bridgehead atoms. The number of rotatable bonds is 1. The van der Waals surface area contributed by atoms with Gasteiger partial charge in [-0.2, -0.15) is 0 Å². The number of hydrogen-bond acceptors (Lipinski definition) is 1. The van der Waals surface area contributed by atoms with Gasteiger partial charge < -0.3 is 4.98 Å². The van der Waals surface area contributed by atoms with E-state index < -0.39 is 17.2 Å². The Morgan fingerprint density at radius 3 is 2.53 bits per heavy atom. The van der Waals surface area contributed by atoms with E-state index in [1.165, 1.54) is 18.2 Å². The summed E-state index contributed by atoms with van der Waals surface area (Å²) < 4.78 is 26.2. The van der Waals surface area contributed by atoms with Crippen LogP contribution >= 0.6 is 0 Å². The zero-order chi connectivity index (χ0) is 10.8. The SMILES string of the molecule is O=c1[nH]cc(F)cc1-c1ccccc1F. The fraction of sp³-hybridized carbons (Fsp3) is 0. The largest absolute Gasteiger partial charge is 0.326 e. The van der Waals surface area contributed by atoms with Crippen LogP contribution in [0, 0.1) is 11.6 Å². The minimum absolute atomic E-state index is 0.00639. The van der Waals surface area contributed by atoms with Gasteiger partial charge in [-0.25, -0.2) is 8.78 Å². The average Bonchev–Trinajstić information content (AvgIpc) is 2.23. The Hall–Kier alpha value is -1.97. The maximum Gasteiger partial charge on any atom is 0.256 e. The summed E-state index contributed by atoms with van der Waals surface area (Å²) in [5.41, 5.74) is -0.423. The van der Waals surface area contributed by atoms with Crippen LogP contribution in [0.25, 0.3) is 11.1 Å². The number of pyridine rings is 1. The minimum Gasteiger partial charge on any atom is -0.326 e. The van der Waals surface area contributed by atoms with Gasteiger partial charge in [0.2, 0.25) is 0 Å². The van der Waals surface area contributed by atoms with E-state index in [2.05, 4.69) is 4.98 Å². The van der Waals surface area contributed by atoms with E-state index in [1.54, 1.807) is 6.07 Å². The van der Waals surface area contributed by atoms with Crippen LogP contribution in [-0.4, -0.2) is 4.98 Å². The molecule has 76 valence electrons. The Bertz CT molecular complexity index is 548. The third-order valence-electron chi connectivity index (χ3n) is 2.03. The first-order valence-corrected chi connectivity index (χ1v) is 4.31. The fourth-order valence-electron chi connectivity index (χ4n) is 1.34. The lowest BCUT2D eigenvalue weighted by Crippen LogP contribution is -2.09. The molecule has 0 radical (unpaired) electrons. The number of aromatic nitrogens is 1. The molecule has 0 atom stereocenters. The summed E-state index contributed by atoms with van der Waals surface area (Å²) in [7, 11) is 0. The summed E-state index contributed by atoms with van der Waals surface area (Å²) in [4.78, 5) is 13.5. The molecule has 4 heteroatoms. The second-order valence-corrected chi connectivity index (χ2v) is 3.04. The maximum absolute atomic E-state index is 13.3. The Balaban J connectivity index is 2.69. The number of aromatic amines is 1. The normalized spacial score (nSPS) is 10.3. The maximum atomic E-state index is 13.3. The molecule has 0 aliphatic carbocycles. The molecule has 0 fully saturated rings. The van der Waals surface area contributed by atoms with Gasteiger partial charge in [0.1, 0.15) is 11.6 Å². The van der Waals surface area contributed by atoms with E-state index in [9.17, 15) is 13.6 Å². The third-order valence-corrected chi connectivity index (χ3v) is 2.03. The van der Waals surface area contributed by atoms with Crippen molar-refractivity contribution < 1.29 is 8.78 Å². The highest BCUT2D eigenvalue weighted by Crippen LogP contribution is 2.18. The molecule has 2 aromatic rings. The molecule has 0 spiro atoms. The lowest BCUT2D eigenvalue weighted by atomic mass is 10.1. The summed E-state index contributed by atoms with van der Waals surface area (Å²) >= 11 is 0. The quantitative estimate of drug-likeness (QED) is 0.764. The minimum atomic E-state index is -0.604. The van der Waals surface area contributed by atoms with Crippen LogP contribution in [0.4, 0.5) is 8.78 Å². The molecule has 0 saturated heterocycles. The van der Waals surface area contributed by atoms with E-state index in [-0.39, 0.29) is 11.1 Å². The summed E-state index contributed by atoms with van der Waals surface area (Å²) in [5, 5.41) is 0. The Morgan fingerprint density at radius 1 is 1.07 bits per heavy atom. The van der Waals surface area contributed by atoms with Gasteiger partial charge in [0, 0.05) is 11.8 Å². The topological polar surface area (TPSA) is 32.9 Å². The van der Waals surface area contributed by atoms with Gasteiger partial charge in [0.15, 0.2) is 0 Å². The Kier molecular flexibility index (Phi) is 2.33. The summed E-state index contributed by atoms with van der Waals surface area (Å²) in [6.07, 6.45) is 0.937. The number of hydrogen-bond donors (Lipinski definition) is 1. The number of benzene rings is 1. The highest BCUT2D eigenvalue weighted by Gasteiger charge is 2.08. The first-order chi connectivity index (χ1) is 7.18. The molecule has 0 saturated carbocycles. The van der Waals surface area contributed by atoms with Gasteiger partial charge in [0.25, 0.3) is 5.56 Å². The zero-order valence-electron chi connectivity index (χ0n) is 7.63. The molecule has 0 amide bonds. The molecule has 1 heterocycles. The first-order valence-electron chi connectivity index (χ1n) is 4.31. The predicted octanol–water partition coefficient (Wildman–Crippen LogP) is 2.32. The number of halogens is 2. The fourth-order valence-corrected chi connectivity index (χ4v) is 1.34. The van der Waals surface area contributed by atoms with Gasteiger partial charge in [-0.3, -0.25) is 4.79 Å². The van der Waals surface area contributed by atoms with Crippen molar-refractivity contribution >= 4 is 0 Å². The molecule has 1 aromatic carbocycles. The van der Waals surface area contributed by atoms with Crippen LogP contribution in [-0.2, 0) is 0 Å². The van der Waals surface area contributed by atoms with E-state index in [1.807, 2.05) is 0 Å². The Labute approximate surface area is 84.2 Å². The molecule has 2 nitrogen and oxygen atoms in total. The molecular formula is C11H7F2NO. The molecule has 1 aromatic heterocycles. The van der Waals surface area contributed by atoms with Crippen molar-refractivity contribution in [2.75, 3.05) is 0 Å². The Morgan fingerprint density at radius 2 is 1.80 bits per heavy atom. The van der Waals surface area contributed by atoms with Crippen molar-refractivity contribution in [3.05, 3.63) is 58.5 Å². The molecule has 15 heavy (non-hydrogen) atoms. The highest BCUT2D eigenvalue weighted by molar-refractivity contribution is 5.62. The van der Waals surface area contributed by atoms with Crippen LogP contribution in [0.15, 0.2) is 41.3 Å². The van der Waals surface area contributed by atoms with Crippen molar-refractivity contribution in [2.45, 2.75) is 0 Å². The number of H-pyrrole nitrogens is 1. The van der Waals surface area contributed by atoms with Crippen molar-refractivity contribution in [1.29, 1.82) is 0 Å². The van der Waals surface area contributed by atoms with Gasteiger partial charge >= 0.3 is 0 Å². The summed E-state index contributed by atoms with van der Waals surface area (Å²) in [6, 6.07) is 6.76. The van der Waals surface area contributed by atoms with E-state index in [0.717, 1.165) is 12.3 Å². The highest BCUT2D eigenvalue weighted by atomic mass is 19.1.